The molecular formula is C15H10FNO3. The molecule has 0 unspecified atom stereocenters. The smallest absolute Gasteiger partial charge is 0.339 e. The lowest BCUT2D eigenvalue weighted by Crippen LogP contribution is -2.05. The number of carbonyl (C=O) groups is 1. The summed E-state index contributed by atoms with van der Waals surface area (Å²) in [7, 11) is 0. The van der Waals surface area contributed by atoms with Crippen LogP contribution in [0.25, 0.3) is 0 Å². The highest BCUT2D eigenvalue weighted by molar-refractivity contribution is 5.90. The average Bonchev–Trinajstić information content (AvgIpc) is 2.46. The number of benzene rings is 2. The molecule has 0 spiro atoms. The average molecular weight is 271 g/mol. The number of nitriles is 1. The molecule has 0 saturated carbocycles. The molecule has 1 N–H and O–H groups in total. The lowest BCUT2D eigenvalue weighted by Gasteiger charge is -2.10. The van der Waals surface area contributed by atoms with Gasteiger partial charge in [0.15, 0.2) is 0 Å². The molecule has 4 nitrogen and oxygen atoms in total. The number of hydrogen-bond donors (Lipinski definition) is 1. The molecule has 0 atom stereocenters. The van der Waals surface area contributed by atoms with Crippen molar-refractivity contribution in [3.63, 3.8) is 0 Å². The van der Waals surface area contributed by atoms with Crippen molar-refractivity contribution in [3.8, 4) is 11.8 Å². The number of rotatable bonds is 4. The summed E-state index contributed by atoms with van der Waals surface area (Å²) in [4.78, 5) is 11.0. The van der Waals surface area contributed by atoms with Crippen molar-refractivity contribution in [2.75, 3.05) is 0 Å². The van der Waals surface area contributed by atoms with Crippen LogP contribution in [0.5, 0.6) is 5.75 Å². The Labute approximate surface area is 114 Å². The minimum absolute atomic E-state index is 0.0373. The van der Waals surface area contributed by atoms with E-state index in [-0.39, 0.29) is 17.9 Å². The standard InChI is InChI=1S/C15H10FNO3/c16-12-5-6-14(13(7-12)15(18)19)20-9-11-4-2-1-3-10(11)8-17/h1-7H,9H2,(H,18,19). The Balaban J connectivity index is 2.24. The van der Waals surface area contributed by atoms with Gasteiger partial charge < -0.3 is 9.84 Å². The van der Waals surface area contributed by atoms with E-state index in [1.165, 1.54) is 6.07 Å². The van der Waals surface area contributed by atoms with Gasteiger partial charge in [0.25, 0.3) is 0 Å². The van der Waals surface area contributed by atoms with Gasteiger partial charge in [-0.25, -0.2) is 9.18 Å². The summed E-state index contributed by atoms with van der Waals surface area (Å²) < 4.78 is 18.4. The number of halogens is 1. The molecule has 2 aromatic carbocycles. The molecule has 20 heavy (non-hydrogen) atoms. The quantitative estimate of drug-likeness (QED) is 0.928. The van der Waals surface area contributed by atoms with Crippen molar-refractivity contribution in [3.05, 3.63) is 65.0 Å². The first-order chi connectivity index (χ1) is 9.61. The second kappa shape index (κ2) is 5.85. The van der Waals surface area contributed by atoms with Crippen molar-refractivity contribution >= 4 is 5.97 Å². The van der Waals surface area contributed by atoms with E-state index < -0.39 is 11.8 Å². The third-order valence-electron chi connectivity index (χ3n) is 2.69. The van der Waals surface area contributed by atoms with Crippen molar-refractivity contribution in [2.24, 2.45) is 0 Å². The molecule has 0 heterocycles. The molecule has 2 aromatic rings. The van der Waals surface area contributed by atoms with Crippen molar-refractivity contribution in [1.82, 2.24) is 0 Å². The highest BCUT2D eigenvalue weighted by atomic mass is 19.1. The molecule has 5 heteroatoms. The topological polar surface area (TPSA) is 70.3 Å². The van der Waals surface area contributed by atoms with E-state index in [1.54, 1.807) is 24.3 Å². The van der Waals surface area contributed by atoms with Gasteiger partial charge in [-0.15, -0.1) is 0 Å². The summed E-state index contributed by atoms with van der Waals surface area (Å²) in [5.41, 5.74) is 0.835. The van der Waals surface area contributed by atoms with Gasteiger partial charge in [-0.05, 0) is 24.3 Å². The van der Waals surface area contributed by atoms with Crippen LogP contribution in [0.4, 0.5) is 4.39 Å². The number of carboxylic acids is 1. The van der Waals surface area contributed by atoms with Crippen LogP contribution in [0.3, 0.4) is 0 Å². The fraction of sp³-hybridized carbons (Fsp3) is 0.0667. The predicted molar refractivity (Wildman–Crippen MR) is 68.8 cm³/mol. The van der Waals surface area contributed by atoms with Gasteiger partial charge in [-0.2, -0.15) is 5.26 Å². The van der Waals surface area contributed by atoms with E-state index in [9.17, 15) is 9.18 Å². The Bertz CT molecular complexity index is 692. The fourth-order valence-electron chi connectivity index (χ4n) is 1.71. The van der Waals surface area contributed by atoms with E-state index in [1.807, 2.05) is 6.07 Å². The minimum atomic E-state index is -1.27. The van der Waals surface area contributed by atoms with Crippen molar-refractivity contribution in [1.29, 1.82) is 5.26 Å². The Hall–Kier alpha value is -2.87. The zero-order valence-corrected chi connectivity index (χ0v) is 10.3. The third kappa shape index (κ3) is 2.93. The normalized spacial score (nSPS) is 9.80. The third-order valence-corrected chi connectivity index (χ3v) is 2.69. The van der Waals surface area contributed by atoms with E-state index >= 15 is 0 Å². The fourth-order valence-corrected chi connectivity index (χ4v) is 1.71. The van der Waals surface area contributed by atoms with Crippen LogP contribution in [-0.2, 0) is 6.61 Å². The van der Waals surface area contributed by atoms with E-state index in [0.29, 0.717) is 11.1 Å². The molecule has 0 aliphatic heterocycles. The number of hydrogen-bond acceptors (Lipinski definition) is 3. The molecule has 0 fully saturated rings. The summed E-state index contributed by atoms with van der Waals surface area (Å²) in [6.45, 7) is 0.0373. The molecule has 0 aromatic heterocycles. The summed E-state index contributed by atoms with van der Waals surface area (Å²) in [5, 5.41) is 17.9. The second-order valence-electron chi connectivity index (χ2n) is 4.00. The second-order valence-corrected chi connectivity index (χ2v) is 4.00. The summed E-state index contributed by atoms with van der Waals surface area (Å²) in [6, 6.07) is 12.1. The predicted octanol–water partition coefficient (Wildman–Crippen LogP) is 2.97. The van der Waals surface area contributed by atoms with Gasteiger partial charge in [-0.3, -0.25) is 0 Å². The Morgan fingerprint density at radius 2 is 2.05 bits per heavy atom. The van der Waals surface area contributed by atoms with Crippen LogP contribution >= 0.6 is 0 Å². The highest BCUT2D eigenvalue weighted by Crippen LogP contribution is 2.21. The number of nitrogens with zero attached hydrogens (tertiary/aromatic N) is 1. The number of carboxylic acid groups (broad SMARTS) is 1. The van der Waals surface area contributed by atoms with Gasteiger partial charge in [0, 0.05) is 5.56 Å². The summed E-state index contributed by atoms with van der Waals surface area (Å²) in [5.74, 6) is -1.85. The van der Waals surface area contributed by atoms with E-state index in [2.05, 4.69) is 0 Å². The molecule has 0 amide bonds. The Morgan fingerprint density at radius 3 is 2.75 bits per heavy atom. The van der Waals surface area contributed by atoms with E-state index in [4.69, 9.17) is 15.1 Å². The maximum absolute atomic E-state index is 13.0. The molecule has 100 valence electrons. The molecule has 0 aliphatic carbocycles. The number of aromatic carboxylic acids is 1. The van der Waals surface area contributed by atoms with Gasteiger partial charge in [0.2, 0.25) is 0 Å². The lowest BCUT2D eigenvalue weighted by atomic mass is 10.1. The molecule has 2 rings (SSSR count). The van der Waals surface area contributed by atoms with Gasteiger partial charge >= 0.3 is 5.97 Å². The minimum Gasteiger partial charge on any atom is -0.488 e. The maximum Gasteiger partial charge on any atom is 0.339 e. The van der Waals surface area contributed by atoms with Crippen LogP contribution < -0.4 is 4.74 Å². The van der Waals surface area contributed by atoms with Crippen LogP contribution in [0.1, 0.15) is 21.5 Å². The van der Waals surface area contributed by atoms with Gasteiger partial charge in [0.1, 0.15) is 23.7 Å². The first kappa shape index (κ1) is 13.6. The maximum atomic E-state index is 13.0. The molecule has 0 radical (unpaired) electrons. The first-order valence-corrected chi connectivity index (χ1v) is 5.75. The summed E-state index contributed by atoms with van der Waals surface area (Å²) >= 11 is 0. The molecule has 0 bridgehead atoms. The Morgan fingerprint density at radius 1 is 1.30 bits per heavy atom. The SMILES string of the molecule is N#Cc1ccccc1COc1ccc(F)cc1C(=O)O. The molecular weight excluding hydrogens is 261 g/mol. The lowest BCUT2D eigenvalue weighted by molar-refractivity contribution is 0.0691. The van der Waals surface area contributed by atoms with Crippen LogP contribution in [-0.4, -0.2) is 11.1 Å². The summed E-state index contributed by atoms with van der Waals surface area (Å²) in [6.07, 6.45) is 0. The van der Waals surface area contributed by atoms with Gasteiger partial charge in [-0.1, -0.05) is 18.2 Å². The highest BCUT2D eigenvalue weighted by Gasteiger charge is 2.13. The largest absolute Gasteiger partial charge is 0.488 e. The first-order valence-electron chi connectivity index (χ1n) is 5.75. The van der Waals surface area contributed by atoms with E-state index in [0.717, 1.165) is 12.1 Å². The van der Waals surface area contributed by atoms with Crippen LogP contribution in [0.15, 0.2) is 42.5 Å². The monoisotopic (exact) mass is 271 g/mol. The van der Waals surface area contributed by atoms with Crippen LogP contribution in [0.2, 0.25) is 0 Å². The van der Waals surface area contributed by atoms with Crippen molar-refractivity contribution < 1.29 is 19.0 Å². The number of ether oxygens (including phenoxy) is 1. The molecule has 0 aliphatic rings. The molecule has 0 saturated heterocycles. The van der Waals surface area contributed by atoms with Gasteiger partial charge in [0.05, 0.1) is 11.6 Å². The zero-order chi connectivity index (χ0) is 14.5. The van der Waals surface area contributed by atoms with Crippen molar-refractivity contribution in [2.45, 2.75) is 6.61 Å². The van der Waals surface area contributed by atoms with Crippen LogP contribution in [0, 0.1) is 17.1 Å². The Kier molecular flexibility index (Phi) is 3.96. The zero-order valence-electron chi connectivity index (χ0n) is 10.3.